The zero-order valence-electron chi connectivity index (χ0n) is 13.2. The van der Waals surface area contributed by atoms with Crippen LogP contribution in [0.15, 0.2) is 36.7 Å². The first-order chi connectivity index (χ1) is 10.9. The number of nitrogens with two attached hydrogens (primary N) is 1. The molecule has 3 aromatic heterocycles. The average molecular weight is 323 g/mol. The highest BCUT2D eigenvalue weighted by molar-refractivity contribution is 7.22. The smallest absolute Gasteiger partial charge is 0.164 e. The molecule has 0 aliphatic carbocycles. The van der Waals surface area contributed by atoms with Gasteiger partial charge in [-0.15, -0.1) is 11.3 Å². The fourth-order valence-corrected chi connectivity index (χ4v) is 3.77. The fraction of sp³-hybridized carbons (Fsp3) is 0.235. The van der Waals surface area contributed by atoms with Crippen molar-refractivity contribution in [2.24, 2.45) is 0 Å². The summed E-state index contributed by atoms with van der Waals surface area (Å²) in [6.45, 7) is 6.31. The quantitative estimate of drug-likeness (QED) is 0.574. The lowest BCUT2D eigenvalue weighted by molar-refractivity contribution is 0.367. The van der Waals surface area contributed by atoms with E-state index in [1.54, 1.807) is 11.3 Å². The molecule has 0 aliphatic rings. The Morgan fingerprint density at radius 2 is 1.91 bits per heavy atom. The highest BCUT2D eigenvalue weighted by atomic mass is 32.1. The van der Waals surface area contributed by atoms with Crippen LogP contribution in [-0.4, -0.2) is 19.7 Å². The number of aromatic nitrogens is 4. The summed E-state index contributed by atoms with van der Waals surface area (Å²) in [5, 5.41) is 6.87. The summed E-state index contributed by atoms with van der Waals surface area (Å²) in [6.07, 6.45) is 1.50. The third-order valence-electron chi connectivity index (χ3n) is 3.79. The largest absolute Gasteiger partial charge is 0.383 e. The molecule has 0 unspecified atom stereocenters. The predicted octanol–water partition coefficient (Wildman–Crippen LogP) is 4.05. The van der Waals surface area contributed by atoms with Crippen LogP contribution in [0.4, 0.5) is 5.82 Å². The number of nitrogen functional groups attached to an aromatic ring is 1. The summed E-state index contributed by atoms with van der Waals surface area (Å²) in [4.78, 5) is 9.67. The predicted molar refractivity (Wildman–Crippen MR) is 95.6 cm³/mol. The van der Waals surface area contributed by atoms with E-state index in [0.29, 0.717) is 5.82 Å². The first-order valence-electron chi connectivity index (χ1n) is 7.44. The van der Waals surface area contributed by atoms with Crippen molar-refractivity contribution in [3.05, 3.63) is 36.7 Å². The maximum absolute atomic E-state index is 6.15. The number of rotatable bonds is 1. The van der Waals surface area contributed by atoms with E-state index in [1.807, 2.05) is 16.8 Å². The van der Waals surface area contributed by atoms with Gasteiger partial charge in [0.2, 0.25) is 0 Å². The van der Waals surface area contributed by atoms with Gasteiger partial charge in [-0.2, -0.15) is 5.10 Å². The molecule has 0 aliphatic heterocycles. The summed E-state index contributed by atoms with van der Waals surface area (Å²) in [5.41, 5.74) is 7.59. The molecular weight excluding hydrogens is 306 g/mol. The summed E-state index contributed by atoms with van der Waals surface area (Å²) in [7, 11) is 0. The minimum atomic E-state index is -0.187. The number of nitrogens with zero attached hydrogens (tertiary/aromatic N) is 4. The summed E-state index contributed by atoms with van der Waals surface area (Å²) in [6, 6.07) is 10.5. The van der Waals surface area contributed by atoms with Crippen LogP contribution in [-0.2, 0) is 5.54 Å². The SMILES string of the molecule is CC(C)(C)n1nc(-c2cc3ccccc3s2)c2c(N)ncnc21. The second-order valence-corrected chi connectivity index (χ2v) is 7.62. The molecule has 0 atom stereocenters. The van der Waals surface area contributed by atoms with E-state index in [0.717, 1.165) is 21.6 Å². The molecule has 0 fully saturated rings. The van der Waals surface area contributed by atoms with Gasteiger partial charge in [-0.1, -0.05) is 18.2 Å². The minimum absolute atomic E-state index is 0.187. The third kappa shape index (κ3) is 2.17. The first-order valence-corrected chi connectivity index (χ1v) is 8.25. The van der Waals surface area contributed by atoms with Crippen LogP contribution in [0.5, 0.6) is 0 Å². The molecule has 0 saturated heterocycles. The van der Waals surface area contributed by atoms with E-state index in [9.17, 15) is 0 Å². The molecule has 23 heavy (non-hydrogen) atoms. The fourth-order valence-electron chi connectivity index (χ4n) is 2.71. The number of benzene rings is 1. The van der Waals surface area contributed by atoms with Crippen molar-refractivity contribution in [2.45, 2.75) is 26.3 Å². The maximum atomic E-state index is 6.15. The molecule has 4 rings (SSSR count). The van der Waals surface area contributed by atoms with Crippen molar-refractivity contribution < 1.29 is 0 Å². The molecule has 5 nitrogen and oxygen atoms in total. The Morgan fingerprint density at radius 3 is 2.65 bits per heavy atom. The maximum Gasteiger partial charge on any atom is 0.164 e. The number of hydrogen-bond donors (Lipinski definition) is 1. The zero-order valence-corrected chi connectivity index (χ0v) is 14.1. The molecule has 0 spiro atoms. The highest BCUT2D eigenvalue weighted by Gasteiger charge is 2.24. The normalized spacial score (nSPS) is 12.3. The standard InChI is InChI=1S/C17H17N5S/c1-17(2,3)22-16-13(15(18)19-9-20-16)14(21-22)12-8-10-6-4-5-7-11(10)23-12/h4-9H,1-3H3,(H2,18,19,20). The monoisotopic (exact) mass is 323 g/mol. The van der Waals surface area contributed by atoms with E-state index in [4.69, 9.17) is 10.8 Å². The molecule has 0 amide bonds. The number of anilines is 1. The minimum Gasteiger partial charge on any atom is -0.383 e. The van der Waals surface area contributed by atoms with E-state index < -0.39 is 0 Å². The van der Waals surface area contributed by atoms with Gasteiger partial charge in [0.1, 0.15) is 17.8 Å². The van der Waals surface area contributed by atoms with Gasteiger partial charge in [-0.25, -0.2) is 14.6 Å². The number of hydrogen-bond acceptors (Lipinski definition) is 5. The lowest BCUT2D eigenvalue weighted by atomic mass is 10.1. The molecule has 4 aromatic rings. The van der Waals surface area contributed by atoms with Crippen LogP contribution in [0.2, 0.25) is 0 Å². The molecule has 0 radical (unpaired) electrons. The molecular formula is C17H17N5S. The van der Waals surface area contributed by atoms with Crippen LogP contribution in [0, 0.1) is 0 Å². The van der Waals surface area contributed by atoms with Gasteiger partial charge < -0.3 is 5.73 Å². The van der Waals surface area contributed by atoms with Crippen LogP contribution in [0.25, 0.3) is 31.7 Å². The topological polar surface area (TPSA) is 69.6 Å². The van der Waals surface area contributed by atoms with Crippen LogP contribution < -0.4 is 5.73 Å². The van der Waals surface area contributed by atoms with Crippen molar-refractivity contribution in [1.82, 2.24) is 19.7 Å². The third-order valence-corrected chi connectivity index (χ3v) is 4.91. The van der Waals surface area contributed by atoms with E-state index in [1.165, 1.54) is 16.4 Å². The molecule has 1 aromatic carbocycles. The Labute approximate surface area is 137 Å². The van der Waals surface area contributed by atoms with Gasteiger partial charge in [-0.3, -0.25) is 0 Å². The molecule has 0 saturated carbocycles. The van der Waals surface area contributed by atoms with E-state index in [-0.39, 0.29) is 5.54 Å². The summed E-state index contributed by atoms with van der Waals surface area (Å²) in [5.74, 6) is 0.470. The van der Waals surface area contributed by atoms with Crippen molar-refractivity contribution in [1.29, 1.82) is 0 Å². The van der Waals surface area contributed by atoms with Gasteiger partial charge in [0.15, 0.2) is 5.65 Å². The summed E-state index contributed by atoms with van der Waals surface area (Å²) < 4.78 is 3.16. The lowest BCUT2D eigenvalue weighted by Gasteiger charge is -2.19. The second kappa shape index (κ2) is 4.76. The Hall–Kier alpha value is -2.47. The van der Waals surface area contributed by atoms with Crippen LogP contribution >= 0.6 is 11.3 Å². The first kappa shape index (κ1) is 14.1. The zero-order chi connectivity index (χ0) is 16.2. The van der Waals surface area contributed by atoms with Gasteiger partial charge in [0.05, 0.1) is 15.8 Å². The Balaban J connectivity index is 2.07. The molecule has 3 heterocycles. The van der Waals surface area contributed by atoms with E-state index >= 15 is 0 Å². The van der Waals surface area contributed by atoms with Crippen LogP contribution in [0.3, 0.4) is 0 Å². The van der Waals surface area contributed by atoms with Gasteiger partial charge >= 0.3 is 0 Å². The van der Waals surface area contributed by atoms with Gasteiger partial charge in [0, 0.05) is 4.70 Å². The van der Waals surface area contributed by atoms with Gasteiger partial charge in [-0.05, 0) is 38.3 Å². The molecule has 6 heteroatoms. The Morgan fingerprint density at radius 1 is 1.13 bits per heavy atom. The highest BCUT2D eigenvalue weighted by Crippen LogP contribution is 2.38. The lowest BCUT2D eigenvalue weighted by Crippen LogP contribution is -2.23. The Bertz CT molecular complexity index is 989. The second-order valence-electron chi connectivity index (χ2n) is 6.54. The molecule has 2 N–H and O–H groups in total. The van der Waals surface area contributed by atoms with Crippen molar-refractivity contribution >= 4 is 38.3 Å². The van der Waals surface area contributed by atoms with Crippen molar-refractivity contribution in [3.8, 4) is 10.6 Å². The van der Waals surface area contributed by atoms with Crippen LogP contribution in [0.1, 0.15) is 20.8 Å². The van der Waals surface area contributed by atoms with Crippen molar-refractivity contribution in [2.75, 3.05) is 5.73 Å². The van der Waals surface area contributed by atoms with Gasteiger partial charge in [0.25, 0.3) is 0 Å². The number of fused-ring (bicyclic) bond motifs is 2. The summed E-state index contributed by atoms with van der Waals surface area (Å²) >= 11 is 1.71. The average Bonchev–Trinajstić information content (AvgIpc) is 3.08. The molecule has 116 valence electrons. The molecule has 0 bridgehead atoms. The van der Waals surface area contributed by atoms with E-state index in [2.05, 4.69) is 48.9 Å². The van der Waals surface area contributed by atoms with Crippen molar-refractivity contribution in [3.63, 3.8) is 0 Å². The number of thiophene rings is 1. The Kier molecular flexibility index (Phi) is 2.93.